The summed E-state index contributed by atoms with van der Waals surface area (Å²) in [6, 6.07) is 11.3. The number of para-hydroxylation sites is 1. The Labute approximate surface area is 149 Å². The van der Waals surface area contributed by atoms with Crippen molar-refractivity contribution in [2.75, 3.05) is 5.32 Å². The molecule has 0 bridgehead atoms. The molecule has 0 radical (unpaired) electrons. The van der Waals surface area contributed by atoms with Gasteiger partial charge in [0.2, 0.25) is 0 Å². The second kappa shape index (κ2) is 4.93. The van der Waals surface area contributed by atoms with Gasteiger partial charge in [-0.2, -0.15) is 0 Å². The van der Waals surface area contributed by atoms with Crippen LogP contribution in [0.15, 0.2) is 45.3 Å². The van der Waals surface area contributed by atoms with Gasteiger partial charge in [0.25, 0.3) is 5.91 Å². The van der Waals surface area contributed by atoms with Crippen LogP contribution in [0.4, 0.5) is 5.69 Å². The zero-order valence-electron chi connectivity index (χ0n) is 12.1. The van der Waals surface area contributed by atoms with Gasteiger partial charge in [-0.1, -0.05) is 34.1 Å². The molecule has 1 atom stereocenters. The highest BCUT2D eigenvalue weighted by atomic mass is 79.9. The molecule has 0 aliphatic carbocycles. The number of rotatable bonds is 1. The molecule has 1 aromatic heterocycles. The first kappa shape index (κ1) is 14.9. The Morgan fingerprint density at radius 1 is 1.17 bits per heavy atom. The van der Waals surface area contributed by atoms with Crippen molar-refractivity contribution in [1.82, 2.24) is 4.98 Å². The van der Waals surface area contributed by atoms with Gasteiger partial charge in [0, 0.05) is 36.7 Å². The molecule has 4 nitrogen and oxygen atoms in total. The molecule has 0 fully saturated rings. The van der Waals surface area contributed by atoms with E-state index in [1.54, 1.807) is 6.07 Å². The van der Waals surface area contributed by atoms with E-state index in [-0.39, 0.29) is 0 Å². The lowest BCUT2D eigenvalue weighted by atomic mass is 9.85. The van der Waals surface area contributed by atoms with Crippen LogP contribution in [0.25, 0.3) is 10.9 Å². The Bertz CT molecular complexity index is 980. The second-order valence-electron chi connectivity index (χ2n) is 5.65. The first-order valence-corrected chi connectivity index (χ1v) is 8.62. The third-order valence-electron chi connectivity index (χ3n) is 4.27. The van der Waals surface area contributed by atoms with Crippen molar-refractivity contribution >= 4 is 54.4 Å². The number of carbonyl (C=O) groups is 1. The van der Waals surface area contributed by atoms with Gasteiger partial charge in [0.15, 0.2) is 5.60 Å². The van der Waals surface area contributed by atoms with Crippen molar-refractivity contribution in [3.63, 3.8) is 0 Å². The highest BCUT2D eigenvalue weighted by molar-refractivity contribution is 9.11. The van der Waals surface area contributed by atoms with Crippen LogP contribution in [0.1, 0.15) is 16.8 Å². The standard InChI is InChI=1S/C17H12Br2N2O2/c1-8-14(10-4-2-3-5-13(10)20-8)17(23)11-6-9(18)7-12(19)15(11)21-16(17)22/h2-7,20,23H,1H3,(H,21,22)/t17-/m0/s1. The quantitative estimate of drug-likeness (QED) is 0.536. The second-order valence-corrected chi connectivity index (χ2v) is 7.42. The largest absolute Gasteiger partial charge is 0.372 e. The molecule has 0 unspecified atom stereocenters. The number of fused-ring (bicyclic) bond motifs is 2. The molecule has 0 saturated heterocycles. The Morgan fingerprint density at radius 3 is 2.70 bits per heavy atom. The maximum Gasteiger partial charge on any atom is 0.266 e. The lowest BCUT2D eigenvalue weighted by Crippen LogP contribution is -2.35. The van der Waals surface area contributed by atoms with Crippen LogP contribution in [0.3, 0.4) is 0 Å². The molecule has 3 aromatic rings. The molecule has 0 spiro atoms. The Balaban J connectivity index is 2.09. The smallest absolute Gasteiger partial charge is 0.266 e. The van der Waals surface area contributed by atoms with Crippen LogP contribution in [0.5, 0.6) is 0 Å². The minimum absolute atomic E-state index is 0.445. The molecule has 0 saturated carbocycles. The van der Waals surface area contributed by atoms with Crippen molar-refractivity contribution in [2.24, 2.45) is 0 Å². The van der Waals surface area contributed by atoms with E-state index in [0.717, 1.165) is 25.5 Å². The highest BCUT2D eigenvalue weighted by Gasteiger charge is 2.50. The van der Waals surface area contributed by atoms with Crippen molar-refractivity contribution < 1.29 is 9.90 Å². The normalized spacial score (nSPS) is 19.9. The van der Waals surface area contributed by atoms with Gasteiger partial charge in [-0.25, -0.2) is 0 Å². The lowest BCUT2D eigenvalue weighted by Gasteiger charge is -2.22. The number of H-pyrrole nitrogens is 1. The minimum Gasteiger partial charge on any atom is -0.372 e. The predicted octanol–water partition coefficient (Wildman–Crippen LogP) is 4.19. The summed E-state index contributed by atoms with van der Waals surface area (Å²) in [4.78, 5) is 15.9. The average molecular weight is 436 g/mol. The number of hydrogen-bond donors (Lipinski definition) is 3. The average Bonchev–Trinajstić information content (AvgIpc) is 2.96. The van der Waals surface area contributed by atoms with E-state index in [9.17, 15) is 9.90 Å². The maximum absolute atomic E-state index is 12.7. The molecule has 2 heterocycles. The number of aromatic amines is 1. The third kappa shape index (κ3) is 1.95. The number of aryl methyl sites for hydroxylation is 1. The number of anilines is 1. The number of hydrogen-bond acceptors (Lipinski definition) is 2. The summed E-state index contributed by atoms with van der Waals surface area (Å²) in [6.07, 6.45) is 0. The van der Waals surface area contributed by atoms with E-state index in [0.29, 0.717) is 16.8 Å². The molecular weight excluding hydrogens is 424 g/mol. The van der Waals surface area contributed by atoms with Crippen molar-refractivity contribution in [1.29, 1.82) is 0 Å². The van der Waals surface area contributed by atoms with Crippen LogP contribution in [0, 0.1) is 6.92 Å². The summed E-state index contributed by atoms with van der Waals surface area (Å²) in [7, 11) is 0. The first-order chi connectivity index (χ1) is 10.9. The van der Waals surface area contributed by atoms with E-state index < -0.39 is 11.5 Å². The molecule has 4 rings (SSSR count). The Hall–Kier alpha value is -1.63. The number of nitrogens with one attached hydrogen (secondary N) is 2. The first-order valence-electron chi connectivity index (χ1n) is 7.04. The number of benzene rings is 2. The van der Waals surface area contributed by atoms with Gasteiger partial charge >= 0.3 is 0 Å². The van der Waals surface area contributed by atoms with Gasteiger partial charge < -0.3 is 15.4 Å². The van der Waals surface area contributed by atoms with Crippen LogP contribution >= 0.6 is 31.9 Å². The van der Waals surface area contributed by atoms with Crippen molar-refractivity contribution in [3.05, 3.63) is 62.2 Å². The van der Waals surface area contributed by atoms with Gasteiger partial charge in [-0.05, 0) is 41.1 Å². The number of halogens is 2. The summed E-state index contributed by atoms with van der Waals surface area (Å²) in [5, 5.41) is 15.1. The van der Waals surface area contributed by atoms with E-state index in [2.05, 4.69) is 42.2 Å². The number of aliphatic hydroxyl groups is 1. The molecule has 3 N–H and O–H groups in total. The van der Waals surface area contributed by atoms with Crippen molar-refractivity contribution in [2.45, 2.75) is 12.5 Å². The van der Waals surface area contributed by atoms with E-state index in [1.165, 1.54) is 0 Å². The summed E-state index contributed by atoms with van der Waals surface area (Å²) in [6.45, 7) is 1.87. The van der Waals surface area contributed by atoms with E-state index in [1.807, 2.05) is 37.3 Å². The SMILES string of the molecule is Cc1[nH]c2ccccc2c1[C@]1(O)C(=O)Nc2c(Br)cc(Br)cc21. The van der Waals surface area contributed by atoms with Gasteiger partial charge in [0.05, 0.1) is 5.69 Å². The summed E-state index contributed by atoms with van der Waals surface area (Å²) >= 11 is 6.88. The zero-order chi connectivity index (χ0) is 16.4. The highest BCUT2D eigenvalue weighted by Crippen LogP contribution is 2.48. The molecule has 1 aliphatic rings. The Kier molecular flexibility index (Phi) is 3.20. The summed E-state index contributed by atoms with van der Waals surface area (Å²) < 4.78 is 1.51. The van der Waals surface area contributed by atoms with Crippen LogP contribution in [0.2, 0.25) is 0 Å². The molecule has 116 valence electrons. The molecule has 1 aliphatic heterocycles. The fourth-order valence-corrected chi connectivity index (χ4v) is 4.63. The van der Waals surface area contributed by atoms with Crippen LogP contribution in [-0.4, -0.2) is 16.0 Å². The number of aromatic nitrogens is 1. The molecule has 1 amide bonds. The van der Waals surface area contributed by atoms with Crippen LogP contribution < -0.4 is 5.32 Å². The third-order valence-corrected chi connectivity index (χ3v) is 5.35. The lowest BCUT2D eigenvalue weighted by molar-refractivity contribution is -0.129. The van der Waals surface area contributed by atoms with Gasteiger partial charge in [-0.15, -0.1) is 0 Å². The monoisotopic (exact) mass is 434 g/mol. The topological polar surface area (TPSA) is 65.1 Å². The predicted molar refractivity (Wildman–Crippen MR) is 96.5 cm³/mol. The fraction of sp³-hybridized carbons (Fsp3) is 0.118. The van der Waals surface area contributed by atoms with Crippen LogP contribution in [-0.2, 0) is 10.4 Å². The Morgan fingerprint density at radius 2 is 1.91 bits per heavy atom. The number of carbonyl (C=O) groups excluding carboxylic acids is 1. The molecule has 2 aromatic carbocycles. The van der Waals surface area contributed by atoms with Crippen molar-refractivity contribution in [3.8, 4) is 0 Å². The number of amides is 1. The fourth-order valence-electron chi connectivity index (χ4n) is 3.30. The molecule has 6 heteroatoms. The summed E-state index contributed by atoms with van der Waals surface area (Å²) in [5.41, 5.74) is 1.67. The molecule has 23 heavy (non-hydrogen) atoms. The minimum atomic E-state index is -1.73. The van der Waals surface area contributed by atoms with E-state index in [4.69, 9.17) is 0 Å². The van der Waals surface area contributed by atoms with Gasteiger partial charge in [0.1, 0.15) is 0 Å². The maximum atomic E-state index is 12.7. The molecular formula is C17H12Br2N2O2. The van der Waals surface area contributed by atoms with E-state index >= 15 is 0 Å². The van der Waals surface area contributed by atoms with Gasteiger partial charge in [-0.3, -0.25) is 4.79 Å². The summed E-state index contributed by atoms with van der Waals surface area (Å²) in [5.74, 6) is -0.445. The zero-order valence-corrected chi connectivity index (χ0v) is 15.2.